The van der Waals surface area contributed by atoms with Crippen molar-refractivity contribution in [2.45, 2.75) is 84.4 Å². The highest BCUT2D eigenvalue weighted by atomic mass is 16.6. The van der Waals surface area contributed by atoms with Gasteiger partial charge in [-0.1, -0.05) is 13.0 Å². The Balaban J connectivity index is 1.58. The number of benzene rings is 1. The van der Waals surface area contributed by atoms with Crippen molar-refractivity contribution in [3.63, 3.8) is 0 Å². The topological polar surface area (TPSA) is 108 Å². The van der Waals surface area contributed by atoms with Gasteiger partial charge in [-0.2, -0.15) is 0 Å². The van der Waals surface area contributed by atoms with Gasteiger partial charge in [0.2, 0.25) is 11.8 Å². The van der Waals surface area contributed by atoms with E-state index in [2.05, 4.69) is 22.5 Å². The molecule has 35 heavy (non-hydrogen) atoms. The molecule has 2 aliphatic heterocycles. The third kappa shape index (κ3) is 6.96. The number of nitrogens with zero attached hydrogens (tertiary/aromatic N) is 2. The molecule has 1 fully saturated rings. The van der Waals surface area contributed by atoms with Gasteiger partial charge in [0.05, 0.1) is 0 Å². The number of piperidine rings is 1. The van der Waals surface area contributed by atoms with Gasteiger partial charge in [0.15, 0.2) is 0 Å². The molecule has 0 bridgehead atoms. The summed E-state index contributed by atoms with van der Waals surface area (Å²) in [5.41, 5.74) is 2.10. The minimum atomic E-state index is -0.613. The van der Waals surface area contributed by atoms with E-state index in [0.29, 0.717) is 25.1 Å². The zero-order valence-corrected chi connectivity index (χ0v) is 21.3. The van der Waals surface area contributed by atoms with Crippen LogP contribution in [0.25, 0.3) is 0 Å². The van der Waals surface area contributed by atoms with Crippen LogP contribution in [0.2, 0.25) is 0 Å². The fraction of sp³-hybridized carbons (Fsp3) is 0.615. The lowest BCUT2D eigenvalue weighted by molar-refractivity contribution is -0.136. The molecular weight excluding hydrogens is 448 g/mol. The summed E-state index contributed by atoms with van der Waals surface area (Å²) in [6, 6.07) is 5.14. The molecule has 0 aliphatic carbocycles. The highest BCUT2D eigenvalue weighted by molar-refractivity contribution is 6.06. The number of alkyl carbamates (subject to hydrolysis) is 1. The molecule has 1 atom stereocenters. The molecule has 3 rings (SSSR count). The third-order valence-electron chi connectivity index (χ3n) is 6.16. The smallest absolute Gasteiger partial charge is 0.407 e. The Bertz CT molecular complexity index is 956. The van der Waals surface area contributed by atoms with Gasteiger partial charge in [0.1, 0.15) is 11.6 Å². The molecule has 0 spiro atoms. The summed E-state index contributed by atoms with van der Waals surface area (Å²) in [6.07, 6.45) is 3.93. The lowest BCUT2D eigenvalue weighted by atomic mass is 10.0. The third-order valence-corrected chi connectivity index (χ3v) is 6.16. The van der Waals surface area contributed by atoms with Gasteiger partial charge in [-0.05, 0) is 65.0 Å². The Morgan fingerprint density at radius 2 is 1.94 bits per heavy atom. The van der Waals surface area contributed by atoms with Crippen LogP contribution in [-0.2, 0) is 20.9 Å². The van der Waals surface area contributed by atoms with Crippen molar-refractivity contribution in [1.82, 2.24) is 15.5 Å². The molecule has 9 nitrogen and oxygen atoms in total. The first-order valence-corrected chi connectivity index (χ1v) is 12.6. The number of carbonyl (C=O) groups excluding carboxylic acids is 4. The SMILES string of the molecule is CCCN(CCCCCNC(=O)OC(C)(C)C)c1cccc2c1CN(C1CCC(=O)NC1=O)C2=O. The van der Waals surface area contributed by atoms with Gasteiger partial charge in [0, 0.05) is 49.4 Å². The number of hydrogen-bond donors (Lipinski definition) is 2. The molecular formula is C26H38N4O5. The van der Waals surface area contributed by atoms with Crippen LogP contribution in [0.15, 0.2) is 18.2 Å². The summed E-state index contributed by atoms with van der Waals surface area (Å²) < 4.78 is 5.26. The minimum absolute atomic E-state index is 0.152. The molecule has 192 valence electrons. The molecule has 1 aromatic rings. The van der Waals surface area contributed by atoms with Gasteiger partial charge in [-0.3, -0.25) is 19.7 Å². The summed E-state index contributed by atoms with van der Waals surface area (Å²) in [5, 5.41) is 5.15. The average Bonchev–Trinajstić information content (AvgIpc) is 3.10. The first-order chi connectivity index (χ1) is 16.6. The fourth-order valence-corrected chi connectivity index (χ4v) is 4.60. The Hall–Kier alpha value is -3.10. The number of ether oxygens (including phenoxy) is 1. The van der Waals surface area contributed by atoms with Gasteiger partial charge >= 0.3 is 6.09 Å². The average molecular weight is 487 g/mol. The van der Waals surface area contributed by atoms with E-state index in [0.717, 1.165) is 50.0 Å². The summed E-state index contributed by atoms with van der Waals surface area (Å²) in [7, 11) is 0. The number of amides is 4. The van der Waals surface area contributed by atoms with Crippen molar-refractivity contribution in [3.05, 3.63) is 29.3 Å². The van der Waals surface area contributed by atoms with Crippen LogP contribution in [0.3, 0.4) is 0 Å². The normalized spacial score (nSPS) is 17.8. The Kier molecular flexibility index (Phi) is 8.75. The standard InChI is InChI=1S/C26H38N4O5/c1-5-15-29(16-8-6-7-14-27-25(34)35-26(2,3)4)20-11-9-10-18-19(20)17-30(24(18)33)21-12-13-22(31)28-23(21)32/h9-11,21H,5-8,12-17H2,1-4H3,(H,27,34)(H,28,31,32). The van der Waals surface area contributed by atoms with Crippen molar-refractivity contribution in [2.24, 2.45) is 0 Å². The second-order valence-corrected chi connectivity index (χ2v) is 10.2. The van der Waals surface area contributed by atoms with Gasteiger partial charge in [-0.15, -0.1) is 0 Å². The molecule has 4 amide bonds. The number of hydrogen-bond acceptors (Lipinski definition) is 6. The number of nitrogens with one attached hydrogen (secondary N) is 2. The second-order valence-electron chi connectivity index (χ2n) is 10.2. The van der Waals surface area contributed by atoms with Gasteiger partial charge in [0.25, 0.3) is 5.91 Å². The molecule has 0 aromatic heterocycles. The maximum Gasteiger partial charge on any atom is 0.407 e. The van der Waals surface area contributed by atoms with Crippen LogP contribution in [0.5, 0.6) is 0 Å². The largest absolute Gasteiger partial charge is 0.444 e. The number of rotatable bonds is 10. The van der Waals surface area contributed by atoms with Crippen molar-refractivity contribution >= 4 is 29.5 Å². The minimum Gasteiger partial charge on any atom is -0.444 e. The van der Waals surface area contributed by atoms with E-state index in [1.807, 2.05) is 39.0 Å². The quantitative estimate of drug-likeness (QED) is 0.388. The Labute approximate surface area is 207 Å². The predicted molar refractivity (Wildman–Crippen MR) is 133 cm³/mol. The number of anilines is 1. The highest BCUT2D eigenvalue weighted by Crippen LogP contribution is 2.34. The predicted octanol–water partition coefficient (Wildman–Crippen LogP) is 3.36. The van der Waals surface area contributed by atoms with Crippen molar-refractivity contribution < 1.29 is 23.9 Å². The lowest BCUT2D eigenvalue weighted by Crippen LogP contribution is -2.52. The van der Waals surface area contributed by atoms with E-state index in [1.54, 1.807) is 4.90 Å². The van der Waals surface area contributed by atoms with E-state index in [1.165, 1.54) is 0 Å². The van der Waals surface area contributed by atoms with Crippen LogP contribution in [0.4, 0.5) is 10.5 Å². The Morgan fingerprint density at radius 3 is 2.63 bits per heavy atom. The van der Waals surface area contributed by atoms with Crippen LogP contribution in [-0.4, -0.2) is 60.0 Å². The van der Waals surface area contributed by atoms with Crippen LogP contribution in [0.1, 0.15) is 82.1 Å². The second kappa shape index (κ2) is 11.6. The highest BCUT2D eigenvalue weighted by Gasteiger charge is 2.40. The molecule has 1 aromatic carbocycles. The van der Waals surface area contributed by atoms with E-state index in [9.17, 15) is 19.2 Å². The zero-order chi connectivity index (χ0) is 25.6. The van der Waals surface area contributed by atoms with E-state index >= 15 is 0 Å². The van der Waals surface area contributed by atoms with Crippen LogP contribution >= 0.6 is 0 Å². The summed E-state index contributed by atoms with van der Waals surface area (Å²) >= 11 is 0. The zero-order valence-electron chi connectivity index (χ0n) is 21.3. The number of unbranched alkanes of at least 4 members (excludes halogenated alkanes) is 2. The van der Waals surface area contributed by atoms with Crippen molar-refractivity contribution in [3.8, 4) is 0 Å². The molecule has 2 N–H and O–H groups in total. The van der Waals surface area contributed by atoms with E-state index in [-0.39, 0.29) is 18.2 Å². The molecule has 0 radical (unpaired) electrons. The first-order valence-electron chi connectivity index (χ1n) is 12.6. The molecule has 2 aliphatic rings. The maximum absolute atomic E-state index is 13.1. The van der Waals surface area contributed by atoms with Gasteiger partial charge in [-0.25, -0.2) is 4.79 Å². The number of imide groups is 1. The van der Waals surface area contributed by atoms with Crippen LogP contribution < -0.4 is 15.5 Å². The molecule has 1 unspecified atom stereocenters. The lowest BCUT2D eigenvalue weighted by Gasteiger charge is -2.30. The summed E-state index contributed by atoms with van der Waals surface area (Å²) in [4.78, 5) is 52.7. The number of fused-ring (bicyclic) bond motifs is 1. The summed E-state index contributed by atoms with van der Waals surface area (Å²) in [6.45, 7) is 10.3. The van der Waals surface area contributed by atoms with E-state index in [4.69, 9.17) is 4.74 Å². The fourth-order valence-electron chi connectivity index (χ4n) is 4.60. The maximum atomic E-state index is 13.1. The van der Waals surface area contributed by atoms with Crippen LogP contribution in [0, 0.1) is 0 Å². The molecule has 9 heteroatoms. The number of carbonyl (C=O) groups is 4. The summed E-state index contributed by atoms with van der Waals surface area (Å²) in [5.74, 6) is -0.832. The monoisotopic (exact) mass is 486 g/mol. The molecule has 1 saturated heterocycles. The first kappa shape index (κ1) is 26.5. The van der Waals surface area contributed by atoms with E-state index < -0.39 is 23.6 Å². The van der Waals surface area contributed by atoms with Crippen molar-refractivity contribution in [1.29, 1.82) is 0 Å². The Morgan fingerprint density at radius 1 is 1.17 bits per heavy atom. The van der Waals surface area contributed by atoms with Crippen molar-refractivity contribution in [2.75, 3.05) is 24.5 Å². The van der Waals surface area contributed by atoms with Gasteiger partial charge < -0.3 is 19.9 Å². The molecule has 0 saturated carbocycles. The molecule has 2 heterocycles.